The topological polar surface area (TPSA) is 226 Å². The Bertz CT molecular complexity index is 1280. The number of ether oxygens (including phenoxy) is 4. The van der Waals surface area contributed by atoms with E-state index in [1.54, 1.807) is 0 Å². The van der Waals surface area contributed by atoms with Crippen molar-refractivity contribution in [1.29, 1.82) is 0 Å². The van der Waals surface area contributed by atoms with Gasteiger partial charge in [0.15, 0.2) is 0 Å². The fraction of sp³-hybridized carbons (Fsp3) is 0.633. The van der Waals surface area contributed by atoms with Crippen LogP contribution in [-0.4, -0.2) is 160 Å². The lowest BCUT2D eigenvalue weighted by molar-refractivity contribution is -0.171. The summed E-state index contributed by atoms with van der Waals surface area (Å²) in [5.41, 5.74) is 1.44. The Morgan fingerprint density at radius 3 is 1.66 bits per heavy atom. The van der Waals surface area contributed by atoms with Gasteiger partial charge < -0.3 is 39.8 Å². The minimum Gasteiger partial charge on any atom is -0.480 e. The Balaban J connectivity index is 1.40. The number of hydrogen-bond acceptors (Lipinski definition) is 16. The number of thioether (sulfide) groups is 2. The van der Waals surface area contributed by atoms with Gasteiger partial charge in [0.25, 0.3) is 10.5 Å². The van der Waals surface area contributed by atoms with Crippen molar-refractivity contribution in [1.82, 2.24) is 30.3 Å². The molecule has 0 saturated carbocycles. The van der Waals surface area contributed by atoms with Crippen LogP contribution in [0.15, 0.2) is 18.2 Å². The van der Waals surface area contributed by atoms with E-state index in [9.17, 15) is 28.8 Å². The molecule has 2 amide bonds. The lowest BCUT2D eigenvalue weighted by atomic mass is 10.1. The van der Waals surface area contributed by atoms with Gasteiger partial charge >= 0.3 is 23.9 Å². The quantitative estimate of drug-likeness (QED) is 0.112. The molecule has 6 bridgehead atoms. The van der Waals surface area contributed by atoms with Crippen molar-refractivity contribution in [3.05, 3.63) is 29.6 Å². The lowest BCUT2D eigenvalue weighted by Gasteiger charge is -2.42. The van der Waals surface area contributed by atoms with Crippen LogP contribution in [-0.2, 0) is 51.2 Å². The second-order valence-corrected chi connectivity index (χ2v) is 14.0. The maximum atomic E-state index is 13.3. The molecular formula is C30H42N6O12S2. The number of esters is 2. The van der Waals surface area contributed by atoms with Gasteiger partial charge in [-0.1, -0.05) is 29.6 Å². The summed E-state index contributed by atoms with van der Waals surface area (Å²) in [5.74, 6) is -2.48. The highest BCUT2D eigenvalue weighted by atomic mass is 32.2. The van der Waals surface area contributed by atoms with Crippen LogP contribution in [0.25, 0.3) is 0 Å². The Morgan fingerprint density at radius 1 is 0.800 bits per heavy atom. The predicted octanol–water partition coefficient (Wildman–Crippen LogP) is 0.00220. The number of morpholine rings is 2. The molecule has 1 aromatic heterocycles. The first-order valence-electron chi connectivity index (χ1n) is 15.9. The fourth-order valence-corrected chi connectivity index (χ4v) is 7.17. The van der Waals surface area contributed by atoms with Crippen LogP contribution in [0.5, 0.6) is 0 Å². The zero-order valence-electron chi connectivity index (χ0n) is 27.5. The average Bonchev–Trinajstić information content (AvgIpc) is 3.03. The molecule has 50 heavy (non-hydrogen) atoms. The van der Waals surface area contributed by atoms with E-state index >= 15 is 0 Å². The second kappa shape index (κ2) is 19.8. The summed E-state index contributed by atoms with van der Waals surface area (Å²) in [6.45, 7) is 0.824. The smallest absolute Gasteiger partial charge is 0.329 e. The molecule has 4 rings (SSSR count). The fourth-order valence-electron chi connectivity index (χ4n) is 5.79. The largest absolute Gasteiger partial charge is 0.480 e. The van der Waals surface area contributed by atoms with Crippen molar-refractivity contribution in [2.75, 3.05) is 71.4 Å². The summed E-state index contributed by atoms with van der Waals surface area (Å²) in [4.78, 5) is 82.9. The van der Waals surface area contributed by atoms with Crippen molar-refractivity contribution >= 4 is 57.9 Å². The van der Waals surface area contributed by atoms with E-state index in [4.69, 9.17) is 34.1 Å². The molecule has 3 aliphatic rings. The Kier molecular flexibility index (Phi) is 15.5. The first-order chi connectivity index (χ1) is 24.0. The van der Waals surface area contributed by atoms with Gasteiger partial charge in [-0.25, -0.2) is 9.59 Å². The number of carbonyl (C=O) groups excluding carboxylic acids is 4. The van der Waals surface area contributed by atoms with E-state index in [-0.39, 0.29) is 13.5 Å². The third kappa shape index (κ3) is 13.0. The minimum atomic E-state index is -1.14. The molecule has 3 aliphatic heterocycles. The van der Waals surface area contributed by atoms with Crippen LogP contribution in [0.1, 0.15) is 24.2 Å². The summed E-state index contributed by atoms with van der Waals surface area (Å²) in [5, 5.41) is 21.4. The van der Waals surface area contributed by atoms with Crippen molar-refractivity contribution in [3.8, 4) is 0 Å². The summed E-state index contributed by atoms with van der Waals surface area (Å²) in [6, 6.07) is 4.37. The first-order valence-corrected chi connectivity index (χ1v) is 17.9. The van der Waals surface area contributed by atoms with Gasteiger partial charge in [0.2, 0.25) is 0 Å². The number of carbonyl (C=O) groups is 6. The number of carboxylic acid groups (broad SMARTS) is 2. The number of carboxylic acids is 2. The van der Waals surface area contributed by atoms with E-state index < -0.39 is 71.9 Å². The van der Waals surface area contributed by atoms with Gasteiger partial charge in [0, 0.05) is 50.8 Å². The molecule has 0 spiro atoms. The summed E-state index contributed by atoms with van der Waals surface area (Å²) in [6.07, 6.45) is -0.265. The number of fused-ring (bicyclic) bond motifs is 6. The number of pyridine rings is 1. The molecule has 6 unspecified atom stereocenters. The highest BCUT2D eigenvalue weighted by Gasteiger charge is 2.40. The van der Waals surface area contributed by atoms with Crippen LogP contribution in [0, 0.1) is 0 Å². The van der Waals surface area contributed by atoms with E-state index in [0.717, 1.165) is 34.9 Å². The number of hydrogen-bond donors (Lipinski definition) is 4. The van der Waals surface area contributed by atoms with Gasteiger partial charge in [-0.05, 0) is 32.0 Å². The minimum absolute atomic E-state index is 0.241. The molecule has 0 aromatic carbocycles. The SMILES string of the molecule is CN1CC2CN(Cc3cccc(n3)CN3CC(C1)OC(=O)C3CCSC(=O)NCOCC(=O)O)C(CCSC(=O)NCOCC(=O)O)C(=O)O2. The van der Waals surface area contributed by atoms with Gasteiger partial charge in [-0.2, -0.15) is 0 Å². The Labute approximate surface area is 296 Å². The number of rotatable bonds is 14. The van der Waals surface area contributed by atoms with Gasteiger partial charge in [0.1, 0.15) is 51.0 Å². The predicted molar refractivity (Wildman–Crippen MR) is 178 cm³/mol. The zero-order chi connectivity index (χ0) is 36.0. The summed E-state index contributed by atoms with van der Waals surface area (Å²) in [7, 11) is 1.87. The molecule has 20 heteroatoms. The molecule has 0 radical (unpaired) electrons. The number of aliphatic carboxylic acids is 2. The molecule has 6 atom stereocenters. The molecule has 4 N–H and O–H groups in total. The van der Waals surface area contributed by atoms with Crippen molar-refractivity contribution in [2.45, 2.75) is 50.2 Å². The van der Waals surface area contributed by atoms with E-state index in [1.807, 2.05) is 39.9 Å². The standard InChI is InChI=1S/C30H42N6O12S2/c1-34-11-21-13-35(23(27(41)47-21)5-7-49-29(43)31-17-45-15-25(37)38)9-19-3-2-4-20(33-19)10-36-14-22(12-34)48-28(42)24(36)6-8-50-30(44)32-18-46-16-26(39)40/h2-4,21-24H,5-18H2,1H3,(H,31,43)(H,32,44)(H,37,38)(H,39,40). The highest BCUT2D eigenvalue weighted by molar-refractivity contribution is 8.13. The third-order valence-electron chi connectivity index (χ3n) is 7.83. The van der Waals surface area contributed by atoms with Crippen LogP contribution in [0.4, 0.5) is 9.59 Å². The molecule has 18 nitrogen and oxygen atoms in total. The number of amides is 2. The Morgan fingerprint density at radius 2 is 1.24 bits per heavy atom. The normalized spacial score (nSPS) is 25.4. The van der Waals surface area contributed by atoms with E-state index in [2.05, 4.69) is 10.6 Å². The summed E-state index contributed by atoms with van der Waals surface area (Å²) < 4.78 is 21.4. The molecule has 0 aliphatic carbocycles. The van der Waals surface area contributed by atoms with Gasteiger partial charge in [0.05, 0.1) is 11.4 Å². The summed E-state index contributed by atoms with van der Waals surface area (Å²) >= 11 is 1.92. The lowest BCUT2D eigenvalue weighted by Crippen LogP contribution is -2.57. The first kappa shape index (κ1) is 39.3. The van der Waals surface area contributed by atoms with E-state index in [0.29, 0.717) is 63.6 Å². The maximum Gasteiger partial charge on any atom is 0.329 e. The number of likely N-dealkylation sites (N-methyl/N-ethyl adjacent to an activating group) is 1. The second-order valence-electron chi connectivity index (χ2n) is 11.8. The van der Waals surface area contributed by atoms with Crippen LogP contribution < -0.4 is 10.6 Å². The molecular weight excluding hydrogens is 700 g/mol. The van der Waals surface area contributed by atoms with Gasteiger partial charge in [-0.15, -0.1) is 0 Å². The number of aromatic nitrogens is 1. The molecule has 1 aromatic rings. The van der Waals surface area contributed by atoms with Gasteiger partial charge in [-0.3, -0.25) is 38.9 Å². The van der Waals surface area contributed by atoms with Crippen molar-refractivity contribution in [2.24, 2.45) is 0 Å². The maximum absolute atomic E-state index is 13.3. The third-order valence-corrected chi connectivity index (χ3v) is 9.52. The monoisotopic (exact) mass is 742 g/mol. The van der Waals surface area contributed by atoms with Crippen molar-refractivity contribution in [3.63, 3.8) is 0 Å². The van der Waals surface area contributed by atoms with Crippen LogP contribution >= 0.6 is 23.5 Å². The Hall–Kier alpha value is -3.53. The zero-order valence-corrected chi connectivity index (χ0v) is 29.2. The number of nitrogens with zero attached hydrogens (tertiary/aromatic N) is 4. The van der Waals surface area contributed by atoms with Crippen LogP contribution in [0.2, 0.25) is 0 Å². The molecule has 276 valence electrons. The van der Waals surface area contributed by atoms with E-state index in [1.165, 1.54) is 0 Å². The van der Waals surface area contributed by atoms with Crippen molar-refractivity contribution < 1.29 is 57.9 Å². The molecule has 2 fully saturated rings. The highest BCUT2D eigenvalue weighted by Crippen LogP contribution is 2.25. The number of nitrogens with one attached hydrogen (secondary N) is 2. The molecule has 2 saturated heterocycles. The molecule has 4 heterocycles. The van der Waals surface area contributed by atoms with Crippen LogP contribution in [0.3, 0.4) is 0 Å². The average molecular weight is 743 g/mol.